The van der Waals surface area contributed by atoms with Crippen molar-refractivity contribution >= 4 is 43.5 Å². The summed E-state index contributed by atoms with van der Waals surface area (Å²) >= 11 is 0. The Morgan fingerprint density at radius 2 is 0.831 bits per heavy atom. The predicted octanol–water partition coefficient (Wildman–Crippen LogP) is 15.2. The van der Waals surface area contributed by atoms with Gasteiger partial charge in [0.25, 0.3) is 0 Å². The van der Waals surface area contributed by atoms with Crippen molar-refractivity contribution in [1.82, 2.24) is 15.0 Å². The van der Waals surface area contributed by atoms with Crippen LogP contribution in [0.15, 0.2) is 217 Å². The van der Waals surface area contributed by atoms with E-state index in [0.29, 0.717) is 17.5 Å². The van der Waals surface area contributed by atoms with Gasteiger partial charge in [-0.15, -0.1) is 0 Å². The lowest BCUT2D eigenvalue weighted by Crippen LogP contribution is -2.32. The summed E-state index contributed by atoms with van der Waals surface area (Å²) in [7, 11) is 0. The van der Waals surface area contributed by atoms with Gasteiger partial charge in [-0.3, -0.25) is 0 Å². The quantitative estimate of drug-likeness (QED) is 0.165. The first-order chi connectivity index (χ1) is 32.2. The molecule has 65 heavy (non-hydrogen) atoms. The third kappa shape index (κ3) is 5.24. The minimum atomic E-state index is -0.638. The van der Waals surface area contributed by atoms with Crippen molar-refractivity contribution in [2.45, 2.75) is 5.41 Å². The number of benzene rings is 10. The van der Waals surface area contributed by atoms with Crippen molar-refractivity contribution < 1.29 is 9.15 Å². The van der Waals surface area contributed by atoms with E-state index in [1.165, 1.54) is 38.2 Å². The van der Waals surface area contributed by atoms with Crippen LogP contribution in [0.5, 0.6) is 11.5 Å². The minimum Gasteiger partial charge on any atom is -0.457 e. The van der Waals surface area contributed by atoms with Crippen molar-refractivity contribution in [3.8, 4) is 67.9 Å². The van der Waals surface area contributed by atoms with Crippen molar-refractivity contribution in [2.24, 2.45) is 0 Å². The molecule has 5 heteroatoms. The lowest BCUT2D eigenvalue weighted by molar-refractivity contribution is 0.436. The van der Waals surface area contributed by atoms with Crippen LogP contribution in [0.1, 0.15) is 22.3 Å². The number of furan rings is 1. The van der Waals surface area contributed by atoms with Gasteiger partial charge < -0.3 is 9.15 Å². The fraction of sp³-hybridized carbons (Fsp3) is 0.0167. The van der Waals surface area contributed by atoms with Crippen LogP contribution in [-0.2, 0) is 5.41 Å². The standard InChI is InChI=1S/C60H35N3O2/c1-2-14-36(15-3-1)57-61-58(63-59(62-57)40-28-31-54-48(35-40)44-20-8-11-23-53(44)64-54)39-27-30-50-47(34-39)46-33-38(45-32-37-16-4-5-17-41(37)42-18-6-7-19-43(42)45)26-29-49(46)60(50)51-21-9-12-24-55(51)65-56-25-13-10-22-52(56)60/h1-35H. The number of aromatic nitrogens is 3. The van der Waals surface area contributed by atoms with Gasteiger partial charge in [-0.1, -0.05) is 158 Å². The summed E-state index contributed by atoms with van der Waals surface area (Å²) in [6.07, 6.45) is 0. The number of ether oxygens (including phenoxy) is 1. The number of rotatable bonds is 4. The summed E-state index contributed by atoms with van der Waals surface area (Å²) in [5, 5.41) is 7.01. The van der Waals surface area contributed by atoms with E-state index in [-0.39, 0.29) is 0 Å². The van der Waals surface area contributed by atoms with Crippen LogP contribution in [0.25, 0.3) is 99.9 Å². The highest BCUT2D eigenvalue weighted by atomic mass is 16.5. The van der Waals surface area contributed by atoms with E-state index in [1.54, 1.807) is 0 Å². The molecule has 2 aliphatic rings. The Labute approximate surface area is 373 Å². The average Bonchev–Trinajstić information content (AvgIpc) is 3.89. The zero-order valence-corrected chi connectivity index (χ0v) is 34.9. The molecule has 1 aliphatic carbocycles. The van der Waals surface area contributed by atoms with E-state index >= 15 is 0 Å². The first-order valence-corrected chi connectivity index (χ1v) is 22.0. The van der Waals surface area contributed by atoms with Gasteiger partial charge >= 0.3 is 0 Å². The van der Waals surface area contributed by atoms with E-state index in [2.05, 4.69) is 164 Å². The fourth-order valence-electron chi connectivity index (χ4n) is 10.7. The second-order valence-electron chi connectivity index (χ2n) is 17.0. The van der Waals surface area contributed by atoms with Gasteiger partial charge in [0, 0.05) is 38.6 Å². The molecule has 1 aliphatic heterocycles. The van der Waals surface area contributed by atoms with Crippen LogP contribution in [0.2, 0.25) is 0 Å². The number of nitrogens with zero attached hydrogens (tertiary/aromatic N) is 3. The van der Waals surface area contributed by atoms with Crippen molar-refractivity contribution in [2.75, 3.05) is 0 Å². The largest absolute Gasteiger partial charge is 0.457 e. The molecule has 5 nitrogen and oxygen atoms in total. The smallest absolute Gasteiger partial charge is 0.164 e. The van der Waals surface area contributed by atoms with Crippen LogP contribution in [0.4, 0.5) is 0 Å². The maximum atomic E-state index is 6.69. The number of fused-ring (bicyclic) bond motifs is 15. The molecule has 0 saturated heterocycles. The van der Waals surface area contributed by atoms with E-state index in [0.717, 1.165) is 77.9 Å². The molecule has 3 heterocycles. The molecule has 1 spiro atoms. The van der Waals surface area contributed by atoms with Gasteiger partial charge in [0.15, 0.2) is 17.5 Å². The zero-order valence-electron chi connectivity index (χ0n) is 34.9. The molecule has 0 atom stereocenters. The van der Waals surface area contributed by atoms with Crippen molar-refractivity contribution in [3.05, 3.63) is 235 Å². The molecule has 0 amide bonds. The Balaban J connectivity index is 1.02. The summed E-state index contributed by atoms with van der Waals surface area (Å²) in [6, 6.07) is 75.2. The first-order valence-electron chi connectivity index (χ1n) is 22.0. The Morgan fingerprint density at radius 1 is 0.308 bits per heavy atom. The van der Waals surface area contributed by atoms with Gasteiger partial charge in [0.1, 0.15) is 22.7 Å². The lowest BCUT2D eigenvalue weighted by atomic mass is 9.66. The van der Waals surface area contributed by atoms with Crippen LogP contribution < -0.4 is 4.74 Å². The first kappa shape index (κ1) is 35.9. The van der Waals surface area contributed by atoms with Gasteiger partial charge in [-0.05, 0) is 110 Å². The minimum absolute atomic E-state index is 0.594. The average molecular weight is 830 g/mol. The third-order valence-corrected chi connectivity index (χ3v) is 13.6. The third-order valence-electron chi connectivity index (χ3n) is 13.6. The molecular formula is C60H35N3O2. The Hall–Kier alpha value is -8.67. The van der Waals surface area contributed by atoms with Gasteiger partial charge in [0.05, 0.1) is 5.41 Å². The van der Waals surface area contributed by atoms with Gasteiger partial charge in [-0.2, -0.15) is 0 Å². The molecule has 12 aromatic rings. The summed E-state index contributed by atoms with van der Waals surface area (Å²) in [5.41, 5.74) is 13.0. The van der Waals surface area contributed by atoms with Crippen LogP contribution in [0.3, 0.4) is 0 Å². The predicted molar refractivity (Wildman–Crippen MR) is 261 cm³/mol. The van der Waals surface area contributed by atoms with Crippen LogP contribution in [0, 0.1) is 0 Å². The summed E-state index contributed by atoms with van der Waals surface area (Å²) in [5.74, 6) is 3.51. The molecule has 14 rings (SSSR count). The summed E-state index contributed by atoms with van der Waals surface area (Å²) in [6.45, 7) is 0. The molecule has 2 aromatic heterocycles. The molecule has 10 aromatic carbocycles. The van der Waals surface area contributed by atoms with E-state index < -0.39 is 5.41 Å². The van der Waals surface area contributed by atoms with Crippen molar-refractivity contribution in [3.63, 3.8) is 0 Å². The Morgan fingerprint density at radius 3 is 1.57 bits per heavy atom. The number of hydrogen-bond acceptors (Lipinski definition) is 5. The molecule has 302 valence electrons. The second-order valence-corrected chi connectivity index (χ2v) is 17.0. The molecule has 0 unspecified atom stereocenters. The highest BCUT2D eigenvalue weighted by molar-refractivity contribution is 6.14. The number of hydrogen-bond donors (Lipinski definition) is 0. The summed E-state index contributed by atoms with van der Waals surface area (Å²) in [4.78, 5) is 15.6. The summed E-state index contributed by atoms with van der Waals surface area (Å²) < 4.78 is 12.9. The van der Waals surface area contributed by atoms with Crippen LogP contribution >= 0.6 is 0 Å². The molecule has 0 N–H and O–H groups in total. The maximum Gasteiger partial charge on any atom is 0.164 e. The van der Waals surface area contributed by atoms with E-state index in [9.17, 15) is 0 Å². The Bertz CT molecular complexity index is 3900. The topological polar surface area (TPSA) is 61.0 Å². The molecule has 0 fully saturated rings. The molecular weight excluding hydrogens is 795 g/mol. The lowest BCUT2D eigenvalue weighted by Gasteiger charge is -2.39. The maximum absolute atomic E-state index is 6.69. The van der Waals surface area contributed by atoms with Gasteiger partial charge in [-0.25, -0.2) is 15.0 Å². The second kappa shape index (κ2) is 13.7. The zero-order chi connectivity index (χ0) is 42.6. The van der Waals surface area contributed by atoms with Gasteiger partial charge in [0.2, 0.25) is 0 Å². The molecule has 0 saturated carbocycles. The van der Waals surface area contributed by atoms with Crippen molar-refractivity contribution in [1.29, 1.82) is 0 Å². The van der Waals surface area contributed by atoms with E-state index in [1.807, 2.05) is 48.5 Å². The normalized spacial score (nSPS) is 13.2. The monoisotopic (exact) mass is 829 g/mol. The molecule has 0 radical (unpaired) electrons. The molecule has 0 bridgehead atoms. The van der Waals surface area contributed by atoms with E-state index in [4.69, 9.17) is 24.1 Å². The Kier molecular flexibility index (Phi) is 7.54. The SMILES string of the molecule is c1ccc(-c2nc(-c3ccc4c(c3)-c3cc(-c5cc6ccccc6c6ccccc56)ccc3C43c4ccccc4Oc4ccccc43)nc(-c3ccc4oc5ccccc5c4c3)n2)cc1. The highest BCUT2D eigenvalue weighted by Crippen LogP contribution is 2.62. The number of para-hydroxylation sites is 3. The fourth-order valence-corrected chi connectivity index (χ4v) is 10.7. The van der Waals surface area contributed by atoms with Crippen LogP contribution in [-0.4, -0.2) is 15.0 Å². The highest BCUT2D eigenvalue weighted by Gasteiger charge is 2.51.